The summed E-state index contributed by atoms with van der Waals surface area (Å²) < 4.78 is 2.27. The number of hydrogen-bond donors (Lipinski definition) is 0. The molecule has 7 heteroatoms. The molecule has 1 aromatic heterocycles. The van der Waals surface area contributed by atoms with E-state index in [1.807, 2.05) is 26.0 Å². The lowest BCUT2D eigenvalue weighted by molar-refractivity contribution is 0.0781. The first kappa shape index (κ1) is 17.1. The Bertz CT molecular complexity index is 907. The van der Waals surface area contributed by atoms with Gasteiger partial charge >= 0.3 is 5.69 Å². The van der Waals surface area contributed by atoms with Gasteiger partial charge in [-0.15, -0.1) is 0 Å². The molecule has 1 fully saturated rings. The first-order valence-electron chi connectivity index (χ1n) is 8.63. The van der Waals surface area contributed by atoms with Crippen LogP contribution < -0.4 is 11.2 Å². The molecule has 7 nitrogen and oxygen atoms in total. The van der Waals surface area contributed by atoms with Gasteiger partial charge in [-0.1, -0.05) is 19.1 Å². The number of carbonyl (C=O) groups excluding carboxylic acids is 1. The van der Waals surface area contributed by atoms with Crippen molar-refractivity contribution in [2.24, 2.45) is 0 Å². The van der Waals surface area contributed by atoms with Crippen LogP contribution in [0, 0.1) is 6.92 Å². The summed E-state index contributed by atoms with van der Waals surface area (Å²) in [4.78, 5) is 39.7. The molecule has 1 amide bonds. The molecule has 25 heavy (non-hydrogen) atoms. The van der Waals surface area contributed by atoms with Gasteiger partial charge in [-0.05, 0) is 43.9 Å². The summed E-state index contributed by atoms with van der Waals surface area (Å²) >= 11 is 0. The van der Waals surface area contributed by atoms with E-state index in [1.165, 1.54) is 0 Å². The number of likely N-dealkylation sites (tertiary alicyclic amines) is 1. The molecule has 0 atom stereocenters. The Morgan fingerprint density at radius 1 is 1.20 bits per heavy atom. The van der Waals surface area contributed by atoms with Crippen molar-refractivity contribution in [3.05, 3.63) is 56.4 Å². The van der Waals surface area contributed by atoms with Crippen LogP contribution in [-0.4, -0.2) is 38.2 Å². The van der Waals surface area contributed by atoms with Crippen molar-refractivity contribution >= 4 is 5.91 Å². The Kier molecular flexibility index (Phi) is 4.83. The van der Waals surface area contributed by atoms with Crippen molar-refractivity contribution in [2.75, 3.05) is 13.1 Å². The summed E-state index contributed by atoms with van der Waals surface area (Å²) in [5.74, 6) is -0.395. The minimum Gasteiger partial charge on any atom is -0.337 e. The SMILES string of the molecule is CCCn1c(=O)c(C(=O)N2CCCC2)nn(-c2cccc(C)c2)c1=O. The average molecular weight is 342 g/mol. The smallest absolute Gasteiger partial charge is 0.337 e. The van der Waals surface area contributed by atoms with Crippen LogP contribution in [-0.2, 0) is 6.54 Å². The van der Waals surface area contributed by atoms with Crippen molar-refractivity contribution in [1.29, 1.82) is 0 Å². The lowest BCUT2D eigenvalue weighted by Crippen LogP contribution is -2.46. The monoisotopic (exact) mass is 342 g/mol. The third-order valence-corrected chi connectivity index (χ3v) is 4.35. The second kappa shape index (κ2) is 7.04. The van der Waals surface area contributed by atoms with Crippen molar-refractivity contribution in [3.8, 4) is 5.69 Å². The van der Waals surface area contributed by atoms with Crippen LogP contribution in [0.25, 0.3) is 5.69 Å². The quantitative estimate of drug-likeness (QED) is 0.840. The van der Waals surface area contributed by atoms with Gasteiger partial charge in [0.25, 0.3) is 11.5 Å². The van der Waals surface area contributed by atoms with Crippen LogP contribution in [0.4, 0.5) is 0 Å². The molecule has 1 aliphatic heterocycles. The van der Waals surface area contributed by atoms with E-state index in [9.17, 15) is 14.4 Å². The van der Waals surface area contributed by atoms with Crippen LogP contribution in [0.3, 0.4) is 0 Å². The maximum Gasteiger partial charge on any atom is 0.352 e. The second-order valence-electron chi connectivity index (χ2n) is 6.34. The zero-order valence-electron chi connectivity index (χ0n) is 14.6. The maximum atomic E-state index is 12.7. The van der Waals surface area contributed by atoms with Gasteiger partial charge in [0.05, 0.1) is 5.69 Å². The van der Waals surface area contributed by atoms with Crippen molar-refractivity contribution in [1.82, 2.24) is 19.2 Å². The fourth-order valence-corrected chi connectivity index (χ4v) is 3.07. The molecular formula is C18H22N4O3. The van der Waals surface area contributed by atoms with Gasteiger partial charge in [0.1, 0.15) is 0 Å². The number of nitrogens with zero attached hydrogens (tertiary/aromatic N) is 4. The zero-order valence-corrected chi connectivity index (χ0v) is 14.6. The van der Waals surface area contributed by atoms with E-state index >= 15 is 0 Å². The molecule has 0 spiro atoms. The maximum absolute atomic E-state index is 12.7. The van der Waals surface area contributed by atoms with E-state index in [-0.39, 0.29) is 12.2 Å². The predicted octanol–water partition coefficient (Wildman–Crippen LogP) is 1.35. The summed E-state index contributed by atoms with van der Waals surface area (Å²) in [6.45, 7) is 5.29. The largest absolute Gasteiger partial charge is 0.352 e. The number of amides is 1. The molecule has 0 unspecified atom stereocenters. The Balaban J connectivity index is 2.20. The van der Waals surface area contributed by atoms with Crippen LogP contribution in [0.1, 0.15) is 42.2 Å². The molecule has 1 saturated heterocycles. The van der Waals surface area contributed by atoms with E-state index in [2.05, 4.69) is 5.10 Å². The molecule has 1 aliphatic rings. The topological polar surface area (TPSA) is 77.2 Å². The first-order valence-corrected chi connectivity index (χ1v) is 8.63. The van der Waals surface area contributed by atoms with Crippen LogP contribution in [0.5, 0.6) is 0 Å². The van der Waals surface area contributed by atoms with E-state index in [0.717, 1.165) is 27.7 Å². The fourth-order valence-electron chi connectivity index (χ4n) is 3.07. The van der Waals surface area contributed by atoms with Gasteiger partial charge in [-0.25, -0.2) is 4.79 Å². The highest BCUT2D eigenvalue weighted by Gasteiger charge is 2.26. The molecule has 0 N–H and O–H groups in total. The number of hydrogen-bond acceptors (Lipinski definition) is 4. The molecule has 0 radical (unpaired) electrons. The van der Waals surface area contributed by atoms with E-state index in [4.69, 9.17) is 0 Å². The van der Waals surface area contributed by atoms with Crippen LogP contribution in [0.2, 0.25) is 0 Å². The number of rotatable bonds is 4. The lowest BCUT2D eigenvalue weighted by Gasteiger charge is -2.16. The normalized spacial score (nSPS) is 14.1. The van der Waals surface area contributed by atoms with Crippen molar-refractivity contribution < 1.29 is 4.79 Å². The van der Waals surface area contributed by atoms with Crippen molar-refractivity contribution in [2.45, 2.75) is 39.7 Å². The van der Waals surface area contributed by atoms with Crippen molar-refractivity contribution in [3.63, 3.8) is 0 Å². The molecular weight excluding hydrogens is 320 g/mol. The minimum atomic E-state index is -0.604. The highest BCUT2D eigenvalue weighted by atomic mass is 16.2. The standard InChI is InChI=1S/C18H22N4O3/c1-3-9-21-17(24)15(16(23)20-10-4-5-11-20)19-22(18(21)25)14-8-6-7-13(2)12-14/h6-8,12H,3-5,9-11H2,1-2H3. The van der Waals surface area contributed by atoms with Crippen LogP contribution in [0.15, 0.2) is 33.9 Å². The van der Waals surface area contributed by atoms with Crippen LogP contribution >= 0.6 is 0 Å². The predicted molar refractivity (Wildman–Crippen MR) is 94.3 cm³/mol. The van der Waals surface area contributed by atoms with Gasteiger partial charge in [-0.2, -0.15) is 9.78 Å². The average Bonchev–Trinajstić information content (AvgIpc) is 3.13. The first-order chi connectivity index (χ1) is 12.0. The summed E-state index contributed by atoms with van der Waals surface area (Å²) in [5, 5.41) is 4.15. The number of aromatic nitrogens is 3. The Morgan fingerprint density at radius 3 is 2.56 bits per heavy atom. The van der Waals surface area contributed by atoms with E-state index < -0.39 is 17.2 Å². The highest BCUT2D eigenvalue weighted by Crippen LogP contribution is 2.11. The Labute approximate surface area is 145 Å². The molecule has 2 heterocycles. The van der Waals surface area contributed by atoms with Gasteiger partial charge in [0, 0.05) is 19.6 Å². The summed E-state index contributed by atoms with van der Waals surface area (Å²) in [7, 11) is 0. The van der Waals surface area contributed by atoms with Gasteiger partial charge in [0.2, 0.25) is 5.69 Å². The molecule has 0 saturated carbocycles. The lowest BCUT2D eigenvalue weighted by atomic mass is 10.2. The molecule has 2 aromatic rings. The third-order valence-electron chi connectivity index (χ3n) is 4.35. The zero-order chi connectivity index (χ0) is 18.0. The second-order valence-corrected chi connectivity index (χ2v) is 6.34. The number of benzene rings is 1. The van der Waals surface area contributed by atoms with Gasteiger partial charge in [-0.3, -0.25) is 14.2 Å². The van der Waals surface area contributed by atoms with Gasteiger partial charge in [0.15, 0.2) is 0 Å². The summed E-state index contributed by atoms with van der Waals surface area (Å²) in [6, 6.07) is 7.27. The third kappa shape index (κ3) is 3.26. The Morgan fingerprint density at radius 2 is 1.92 bits per heavy atom. The molecule has 132 valence electrons. The van der Waals surface area contributed by atoms with E-state index in [1.54, 1.807) is 17.0 Å². The minimum absolute atomic E-state index is 0.184. The molecule has 3 rings (SSSR count). The number of aryl methyl sites for hydroxylation is 1. The summed E-state index contributed by atoms with van der Waals surface area (Å²) in [5.41, 5.74) is 0.205. The Hall–Kier alpha value is -2.70. The van der Waals surface area contributed by atoms with E-state index in [0.29, 0.717) is 25.2 Å². The molecule has 1 aromatic carbocycles. The van der Waals surface area contributed by atoms with Gasteiger partial charge < -0.3 is 4.90 Å². The number of carbonyl (C=O) groups is 1. The fraction of sp³-hybridized carbons (Fsp3) is 0.444. The highest BCUT2D eigenvalue weighted by molar-refractivity contribution is 5.92. The summed E-state index contributed by atoms with van der Waals surface area (Å²) in [6.07, 6.45) is 2.46. The molecule has 0 aliphatic carbocycles. The molecule has 0 bridgehead atoms.